The van der Waals surface area contributed by atoms with Crippen molar-refractivity contribution in [1.82, 2.24) is 5.32 Å². The first-order valence-electron chi connectivity index (χ1n) is 7.93. The quantitative estimate of drug-likeness (QED) is 0.316. The second kappa shape index (κ2) is 14.0. The molecule has 0 atom stereocenters. The van der Waals surface area contributed by atoms with Crippen LogP contribution in [0.25, 0.3) is 0 Å². The van der Waals surface area contributed by atoms with Gasteiger partial charge in [0.05, 0.1) is 19.8 Å². The van der Waals surface area contributed by atoms with Crippen LogP contribution in [0.2, 0.25) is 0 Å². The van der Waals surface area contributed by atoms with Crippen molar-refractivity contribution >= 4 is 12.1 Å². The fourth-order valence-corrected chi connectivity index (χ4v) is 1.45. The molecule has 0 saturated carbocycles. The molecular formula is C16H29NO6. The SMILES string of the molecule is C=C(C)C(=O)OCCNC(=O)OC(COCCC)COCCC. The maximum absolute atomic E-state index is 11.7. The molecule has 0 fully saturated rings. The number of amides is 1. The van der Waals surface area contributed by atoms with Gasteiger partial charge in [0, 0.05) is 18.8 Å². The summed E-state index contributed by atoms with van der Waals surface area (Å²) in [5, 5.41) is 2.51. The summed E-state index contributed by atoms with van der Waals surface area (Å²) in [6, 6.07) is 0. The molecule has 0 aromatic heterocycles. The van der Waals surface area contributed by atoms with Gasteiger partial charge in [-0.3, -0.25) is 0 Å². The molecule has 0 aliphatic heterocycles. The minimum Gasteiger partial charge on any atom is -0.460 e. The predicted molar refractivity (Wildman–Crippen MR) is 86.3 cm³/mol. The third-order valence-corrected chi connectivity index (χ3v) is 2.53. The van der Waals surface area contributed by atoms with Crippen LogP contribution in [0.15, 0.2) is 12.2 Å². The zero-order chi connectivity index (χ0) is 17.5. The van der Waals surface area contributed by atoms with Gasteiger partial charge < -0.3 is 24.3 Å². The van der Waals surface area contributed by atoms with Crippen molar-refractivity contribution in [2.45, 2.75) is 39.7 Å². The van der Waals surface area contributed by atoms with Crippen LogP contribution in [-0.2, 0) is 23.7 Å². The lowest BCUT2D eigenvalue weighted by Gasteiger charge is -2.18. The first kappa shape index (κ1) is 21.4. The van der Waals surface area contributed by atoms with Crippen LogP contribution in [0.3, 0.4) is 0 Å². The van der Waals surface area contributed by atoms with Crippen molar-refractivity contribution in [3.8, 4) is 0 Å². The Morgan fingerprint density at radius 2 is 1.61 bits per heavy atom. The Labute approximate surface area is 138 Å². The smallest absolute Gasteiger partial charge is 0.407 e. The monoisotopic (exact) mass is 331 g/mol. The summed E-state index contributed by atoms with van der Waals surface area (Å²) in [7, 11) is 0. The molecule has 7 heteroatoms. The molecule has 0 saturated heterocycles. The maximum atomic E-state index is 11.7. The maximum Gasteiger partial charge on any atom is 0.407 e. The number of esters is 1. The average molecular weight is 331 g/mol. The number of hydrogen-bond acceptors (Lipinski definition) is 6. The van der Waals surface area contributed by atoms with Crippen LogP contribution in [-0.4, -0.2) is 57.7 Å². The third-order valence-electron chi connectivity index (χ3n) is 2.53. The highest BCUT2D eigenvalue weighted by molar-refractivity contribution is 5.86. The van der Waals surface area contributed by atoms with Gasteiger partial charge in [-0.2, -0.15) is 0 Å². The predicted octanol–water partition coefficient (Wildman–Crippen LogP) is 2.05. The highest BCUT2D eigenvalue weighted by atomic mass is 16.6. The van der Waals surface area contributed by atoms with E-state index >= 15 is 0 Å². The summed E-state index contributed by atoms with van der Waals surface area (Å²) >= 11 is 0. The van der Waals surface area contributed by atoms with Gasteiger partial charge in [-0.15, -0.1) is 0 Å². The molecular weight excluding hydrogens is 302 g/mol. The molecule has 1 N–H and O–H groups in total. The van der Waals surface area contributed by atoms with E-state index in [0.717, 1.165) is 12.8 Å². The number of rotatable bonds is 13. The second-order valence-electron chi connectivity index (χ2n) is 5.02. The molecule has 0 radical (unpaired) electrons. The number of ether oxygens (including phenoxy) is 4. The molecule has 1 amide bonds. The molecule has 0 aliphatic rings. The van der Waals surface area contributed by atoms with E-state index in [4.69, 9.17) is 18.9 Å². The van der Waals surface area contributed by atoms with E-state index < -0.39 is 18.2 Å². The topological polar surface area (TPSA) is 83.1 Å². The van der Waals surface area contributed by atoms with Crippen LogP contribution < -0.4 is 5.32 Å². The molecule has 0 bridgehead atoms. The number of carbonyl (C=O) groups is 2. The van der Waals surface area contributed by atoms with Crippen LogP contribution in [0.4, 0.5) is 4.79 Å². The Balaban J connectivity index is 3.99. The van der Waals surface area contributed by atoms with E-state index in [1.54, 1.807) is 6.92 Å². The van der Waals surface area contributed by atoms with Crippen LogP contribution >= 0.6 is 0 Å². The minimum atomic E-state index is -0.596. The van der Waals surface area contributed by atoms with Gasteiger partial charge >= 0.3 is 12.1 Å². The van der Waals surface area contributed by atoms with Crippen molar-refractivity contribution in [2.24, 2.45) is 0 Å². The van der Waals surface area contributed by atoms with E-state index in [2.05, 4.69) is 11.9 Å². The molecule has 0 rings (SSSR count). The molecule has 0 unspecified atom stereocenters. The Hall–Kier alpha value is -1.60. The summed E-state index contributed by atoms with van der Waals surface area (Å²) in [4.78, 5) is 22.9. The van der Waals surface area contributed by atoms with Crippen molar-refractivity contribution in [1.29, 1.82) is 0 Å². The standard InChI is InChI=1S/C16H29NO6/c1-5-8-20-11-14(12-21-9-6-2)23-16(19)17-7-10-22-15(18)13(3)4/h14H,3,5-12H2,1-2,4H3,(H,17,19). The molecule has 0 spiro atoms. The summed E-state index contributed by atoms with van der Waals surface area (Å²) in [5.41, 5.74) is 0.314. The highest BCUT2D eigenvalue weighted by Crippen LogP contribution is 1.98. The Kier molecular flexibility index (Phi) is 13.0. The van der Waals surface area contributed by atoms with Crippen LogP contribution in [0.5, 0.6) is 0 Å². The molecule has 0 aliphatic carbocycles. The number of alkyl carbamates (subject to hydrolysis) is 1. The zero-order valence-electron chi connectivity index (χ0n) is 14.4. The van der Waals surface area contributed by atoms with Gasteiger partial charge in [0.15, 0.2) is 6.10 Å². The largest absolute Gasteiger partial charge is 0.460 e. The fourth-order valence-electron chi connectivity index (χ4n) is 1.45. The van der Waals surface area contributed by atoms with E-state index in [-0.39, 0.29) is 26.4 Å². The summed E-state index contributed by atoms with van der Waals surface area (Å²) in [6.45, 7) is 11.0. The number of hydrogen-bond donors (Lipinski definition) is 1. The number of carbonyl (C=O) groups excluding carboxylic acids is 2. The van der Waals surface area contributed by atoms with Gasteiger partial charge in [-0.25, -0.2) is 9.59 Å². The van der Waals surface area contributed by atoms with E-state index in [1.807, 2.05) is 13.8 Å². The van der Waals surface area contributed by atoms with E-state index in [9.17, 15) is 9.59 Å². The lowest BCUT2D eigenvalue weighted by molar-refractivity contribution is -0.138. The molecule has 7 nitrogen and oxygen atoms in total. The van der Waals surface area contributed by atoms with Crippen molar-refractivity contribution in [3.05, 3.63) is 12.2 Å². The Morgan fingerprint density at radius 3 is 2.09 bits per heavy atom. The van der Waals surface area contributed by atoms with E-state index in [0.29, 0.717) is 18.8 Å². The third kappa shape index (κ3) is 12.6. The van der Waals surface area contributed by atoms with E-state index in [1.165, 1.54) is 0 Å². The van der Waals surface area contributed by atoms with Gasteiger partial charge in [0.1, 0.15) is 6.61 Å². The summed E-state index contributed by atoms with van der Waals surface area (Å²) < 4.78 is 20.9. The van der Waals surface area contributed by atoms with Gasteiger partial charge in [-0.1, -0.05) is 20.4 Å². The van der Waals surface area contributed by atoms with Crippen molar-refractivity contribution < 1.29 is 28.5 Å². The fraction of sp³-hybridized carbons (Fsp3) is 0.750. The average Bonchev–Trinajstić information content (AvgIpc) is 2.51. The normalized spacial score (nSPS) is 10.4. The van der Waals surface area contributed by atoms with Gasteiger partial charge in [0.2, 0.25) is 0 Å². The lowest BCUT2D eigenvalue weighted by Crippen LogP contribution is -2.36. The Morgan fingerprint density at radius 1 is 1.04 bits per heavy atom. The summed E-state index contributed by atoms with van der Waals surface area (Å²) in [6.07, 6.45) is 0.721. The molecule has 23 heavy (non-hydrogen) atoms. The number of nitrogens with one attached hydrogen (secondary N) is 1. The van der Waals surface area contributed by atoms with Crippen LogP contribution in [0, 0.1) is 0 Å². The molecule has 0 aromatic rings. The first-order valence-corrected chi connectivity index (χ1v) is 7.93. The highest BCUT2D eigenvalue weighted by Gasteiger charge is 2.15. The van der Waals surface area contributed by atoms with Gasteiger partial charge in [0.25, 0.3) is 0 Å². The van der Waals surface area contributed by atoms with Crippen molar-refractivity contribution in [3.63, 3.8) is 0 Å². The lowest BCUT2D eigenvalue weighted by atomic mass is 10.4. The van der Waals surface area contributed by atoms with Gasteiger partial charge in [-0.05, 0) is 19.8 Å². The van der Waals surface area contributed by atoms with Crippen LogP contribution in [0.1, 0.15) is 33.6 Å². The molecule has 134 valence electrons. The first-order chi connectivity index (χ1) is 11.0. The molecule has 0 heterocycles. The van der Waals surface area contributed by atoms with Crippen molar-refractivity contribution in [2.75, 3.05) is 39.6 Å². The zero-order valence-corrected chi connectivity index (χ0v) is 14.4. The summed E-state index contributed by atoms with van der Waals surface area (Å²) in [5.74, 6) is -0.487. The second-order valence-corrected chi connectivity index (χ2v) is 5.02. The minimum absolute atomic E-state index is 0.0597. The Bertz CT molecular complexity index is 348. The molecule has 0 aromatic carbocycles.